The Bertz CT molecular complexity index is 322. The van der Waals surface area contributed by atoms with Gasteiger partial charge in [0.25, 0.3) is 0 Å². The second kappa shape index (κ2) is 5.04. The Morgan fingerprint density at radius 2 is 2.07 bits per heavy atom. The third-order valence-electron chi connectivity index (χ3n) is 1.64. The number of benzene rings is 1. The van der Waals surface area contributed by atoms with Crippen LogP contribution in [0, 0.1) is 0 Å². The van der Waals surface area contributed by atoms with E-state index in [1.165, 1.54) is 0 Å². The molecule has 0 saturated heterocycles. The van der Waals surface area contributed by atoms with Crippen LogP contribution in [-0.4, -0.2) is 22.8 Å². The molecule has 0 radical (unpaired) electrons. The van der Waals surface area contributed by atoms with Crippen molar-refractivity contribution in [3.8, 4) is 0 Å². The number of urea groups is 1. The zero-order valence-electron chi connectivity index (χ0n) is 7.63. The molecule has 0 spiro atoms. The summed E-state index contributed by atoms with van der Waals surface area (Å²) in [4.78, 5) is 10.4. The number of carbonyl (C=O) groups is 1. The van der Waals surface area contributed by atoms with Gasteiger partial charge in [-0.05, 0) is 5.56 Å². The zero-order chi connectivity index (χ0) is 10.4. The minimum absolute atomic E-state index is 0.0875. The summed E-state index contributed by atoms with van der Waals surface area (Å²) in [5.41, 5.74) is 5.82. The number of nitrogens with zero attached hydrogens (tertiary/aromatic N) is 1. The minimum Gasteiger partial charge on any atom is -0.350 e. The lowest BCUT2D eigenvalue weighted by Crippen LogP contribution is -2.32. The molecule has 0 unspecified atom stereocenters. The minimum atomic E-state index is -0.859. The van der Waals surface area contributed by atoms with Gasteiger partial charge in [0.2, 0.25) is 0 Å². The number of hydrogen-bond donors (Lipinski definition) is 2. The van der Waals surface area contributed by atoms with Gasteiger partial charge in [0, 0.05) is 0 Å². The number of amides is 2. The standard InChI is InChI=1S/C10H12N2O2/c11-10(13)12(14)8-4-7-9-5-2-1-3-6-9/h1-7,14H,8H2,(H2,11,13). The second-order valence-corrected chi connectivity index (χ2v) is 2.73. The summed E-state index contributed by atoms with van der Waals surface area (Å²) in [6, 6.07) is 8.71. The van der Waals surface area contributed by atoms with E-state index in [4.69, 9.17) is 10.9 Å². The van der Waals surface area contributed by atoms with Gasteiger partial charge < -0.3 is 5.73 Å². The molecule has 0 atom stereocenters. The van der Waals surface area contributed by atoms with Crippen LogP contribution in [0.5, 0.6) is 0 Å². The lowest BCUT2D eigenvalue weighted by atomic mass is 10.2. The van der Waals surface area contributed by atoms with Crippen molar-refractivity contribution in [2.75, 3.05) is 6.54 Å². The van der Waals surface area contributed by atoms with Crippen LogP contribution in [0.25, 0.3) is 6.08 Å². The van der Waals surface area contributed by atoms with Crippen molar-refractivity contribution in [3.05, 3.63) is 42.0 Å². The summed E-state index contributed by atoms with van der Waals surface area (Å²) in [6.45, 7) is 0.0875. The van der Waals surface area contributed by atoms with Crippen molar-refractivity contribution < 1.29 is 10.0 Å². The predicted octanol–water partition coefficient (Wildman–Crippen LogP) is 1.47. The molecule has 0 aliphatic carbocycles. The van der Waals surface area contributed by atoms with Crippen molar-refractivity contribution in [3.63, 3.8) is 0 Å². The van der Waals surface area contributed by atoms with Crippen molar-refractivity contribution in [2.24, 2.45) is 5.73 Å². The average Bonchev–Trinajstić information content (AvgIpc) is 2.19. The molecule has 0 heterocycles. The molecular weight excluding hydrogens is 180 g/mol. The molecule has 0 saturated carbocycles. The Morgan fingerprint density at radius 3 is 2.64 bits per heavy atom. The van der Waals surface area contributed by atoms with E-state index in [0.29, 0.717) is 5.06 Å². The fourth-order valence-corrected chi connectivity index (χ4v) is 0.943. The van der Waals surface area contributed by atoms with Crippen LogP contribution in [0.1, 0.15) is 5.56 Å². The first-order chi connectivity index (χ1) is 6.70. The van der Waals surface area contributed by atoms with Gasteiger partial charge in [-0.25, -0.2) is 9.86 Å². The van der Waals surface area contributed by atoms with Gasteiger partial charge in [-0.1, -0.05) is 42.5 Å². The van der Waals surface area contributed by atoms with Crippen LogP contribution in [0.3, 0.4) is 0 Å². The van der Waals surface area contributed by atoms with Gasteiger partial charge in [0.15, 0.2) is 0 Å². The number of hydrogen-bond acceptors (Lipinski definition) is 2. The number of carbonyl (C=O) groups excluding carboxylic acids is 1. The van der Waals surface area contributed by atoms with Gasteiger partial charge in [0.05, 0.1) is 6.54 Å². The second-order valence-electron chi connectivity index (χ2n) is 2.73. The molecular formula is C10H12N2O2. The molecule has 0 aromatic heterocycles. The summed E-state index contributed by atoms with van der Waals surface area (Å²) >= 11 is 0. The summed E-state index contributed by atoms with van der Waals surface area (Å²) < 4.78 is 0. The molecule has 14 heavy (non-hydrogen) atoms. The van der Waals surface area contributed by atoms with Crippen LogP contribution in [0.4, 0.5) is 4.79 Å². The Labute approximate surface area is 82.2 Å². The van der Waals surface area contributed by atoms with Crippen molar-refractivity contribution in [2.45, 2.75) is 0 Å². The highest BCUT2D eigenvalue weighted by Gasteiger charge is 2.00. The quantitative estimate of drug-likeness (QED) is 0.562. The van der Waals surface area contributed by atoms with Gasteiger partial charge in [-0.3, -0.25) is 5.21 Å². The van der Waals surface area contributed by atoms with Gasteiger partial charge >= 0.3 is 6.03 Å². The van der Waals surface area contributed by atoms with E-state index < -0.39 is 6.03 Å². The molecule has 0 aliphatic rings. The van der Waals surface area contributed by atoms with E-state index in [1.54, 1.807) is 12.2 Å². The summed E-state index contributed by atoms with van der Waals surface area (Å²) in [6.07, 6.45) is 3.45. The van der Waals surface area contributed by atoms with Crippen LogP contribution in [-0.2, 0) is 0 Å². The van der Waals surface area contributed by atoms with Crippen LogP contribution < -0.4 is 5.73 Å². The molecule has 1 aromatic rings. The van der Waals surface area contributed by atoms with E-state index in [9.17, 15) is 4.79 Å². The fraction of sp³-hybridized carbons (Fsp3) is 0.100. The molecule has 1 aromatic carbocycles. The number of hydroxylamine groups is 2. The van der Waals surface area contributed by atoms with Crippen molar-refractivity contribution in [1.82, 2.24) is 5.06 Å². The number of rotatable bonds is 3. The van der Waals surface area contributed by atoms with Crippen molar-refractivity contribution >= 4 is 12.1 Å². The van der Waals surface area contributed by atoms with Gasteiger partial charge in [-0.2, -0.15) is 0 Å². The molecule has 3 N–H and O–H groups in total. The molecule has 0 aliphatic heterocycles. The third kappa shape index (κ3) is 3.28. The lowest BCUT2D eigenvalue weighted by Gasteiger charge is -2.07. The first-order valence-electron chi connectivity index (χ1n) is 4.17. The van der Waals surface area contributed by atoms with Crippen LogP contribution in [0.2, 0.25) is 0 Å². The monoisotopic (exact) mass is 192 g/mol. The predicted molar refractivity (Wildman–Crippen MR) is 53.6 cm³/mol. The SMILES string of the molecule is NC(=O)N(O)CC=Cc1ccccc1. The first-order valence-corrected chi connectivity index (χ1v) is 4.17. The van der Waals surface area contributed by atoms with E-state index in [1.807, 2.05) is 30.3 Å². The molecule has 2 amide bonds. The third-order valence-corrected chi connectivity index (χ3v) is 1.64. The number of primary amides is 1. The molecule has 4 nitrogen and oxygen atoms in total. The summed E-state index contributed by atoms with van der Waals surface area (Å²) in [5.74, 6) is 0. The van der Waals surface area contributed by atoms with Gasteiger partial charge in [-0.15, -0.1) is 0 Å². The molecule has 1 rings (SSSR count). The lowest BCUT2D eigenvalue weighted by molar-refractivity contribution is -0.0286. The Balaban J connectivity index is 2.46. The molecule has 0 fully saturated rings. The highest BCUT2D eigenvalue weighted by atomic mass is 16.5. The summed E-state index contributed by atoms with van der Waals surface area (Å²) in [5, 5.41) is 9.36. The molecule has 74 valence electrons. The summed E-state index contributed by atoms with van der Waals surface area (Å²) in [7, 11) is 0. The van der Waals surface area contributed by atoms with Crippen molar-refractivity contribution in [1.29, 1.82) is 0 Å². The Morgan fingerprint density at radius 1 is 1.43 bits per heavy atom. The maximum absolute atomic E-state index is 10.4. The first kappa shape index (κ1) is 10.3. The Kier molecular flexibility index (Phi) is 3.69. The van der Waals surface area contributed by atoms with E-state index >= 15 is 0 Å². The number of nitrogens with two attached hydrogens (primary N) is 1. The van der Waals surface area contributed by atoms with Crippen LogP contribution in [0.15, 0.2) is 36.4 Å². The largest absolute Gasteiger partial charge is 0.350 e. The topological polar surface area (TPSA) is 66.6 Å². The molecule has 0 bridgehead atoms. The maximum atomic E-state index is 10.4. The maximum Gasteiger partial charge on any atom is 0.338 e. The molecule has 4 heteroatoms. The highest BCUT2D eigenvalue weighted by molar-refractivity contribution is 5.70. The van der Waals surface area contributed by atoms with E-state index in [2.05, 4.69) is 0 Å². The zero-order valence-corrected chi connectivity index (χ0v) is 7.63. The van der Waals surface area contributed by atoms with Crippen LogP contribution >= 0.6 is 0 Å². The average molecular weight is 192 g/mol. The fourth-order valence-electron chi connectivity index (χ4n) is 0.943. The Hall–Kier alpha value is -1.81. The van der Waals surface area contributed by atoms with E-state index in [0.717, 1.165) is 5.56 Å². The normalized spacial score (nSPS) is 10.4. The smallest absolute Gasteiger partial charge is 0.338 e. The van der Waals surface area contributed by atoms with E-state index in [-0.39, 0.29) is 6.54 Å². The highest BCUT2D eigenvalue weighted by Crippen LogP contribution is 2.00. The van der Waals surface area contributed by atoms with Gasteiger partial charge in [0.1, 0.15) is 0 Å².